The summed E-state index contributed by atoms with van der Waals surface area (Å²) in [5.41, 5.74) is 1.18. The number of nitrogens with one attached hydrogen (secondary N) is 1. The summed E-state index contributed by atoms with van der Waals surface area (Å²) < 4.78 is 14.1. The highest BCUT2D eigenvalue weighted by Crippen LogP contribution is 2.27. The predicted molar refractivity (Wildman–Crippen MR) is 54.3 cm³/mol. The van der Waals surface area contributed by atoms with Crippen LogP contribution in [-0.2, 0) is 0 Å². The summed E-state index contributed by atoms with van der Waals surface area (Å²) in [6.07, 6.45) is 0. The topological polar surface area (TPSA) is 41.6 Å². The Morgan fingerprint density at radius 3 is 3.00 bits per heavy atom. The van der Waals surface area contributed by atoms with Crippen LogP contribution in [0.4, 0.5) is 4.39 Å². The Labute approximate surface area is 89.0 Å². The van der Waals surface area contributed by atoms with Crippen molar-refractivity contribution in [1.82, 2.24) is 15.4 Å². The molecule has 2 rings (SSSR count). The van der Waals surface area contributed by atoms with Crippen LogP contribution in [0, 0.1) is 9.39 Å². The van der Waals surface area contributed by atoms with E-state index in [1.54, 1.807) is 6.07 Å². The lowest BCUT2D eigenvalue weighted by Crippen LogP contribution is -1.85. The molecule has 0 spiro atoms. The molecule has 1 aromatic heterocycles. The number of benzene rings is 1. The first kappa shape index (κ1) is 8.36. The standard InChI is InChI=1S/C6H2BrFIN3/c7-4-5(8)2(9)1-3-6(4)11-12-10-3/h1H,(H,10,11,12). The molecule has 0 bridgehead atoms. The van der Waals surface area contributed by atoms with Gasteiger partial charge in [-0.3, -0.25) is 0 Å². The number of aromatic amines is 1. The Morgan fingerprint density at radius 2 is 2.25 bits per heavy atom. The maximum absolute atomic E-state index is 13.2. The zero-order valence-corrected chi connectivity index (χ0v) is 9.35. The molecule has 1 heterocycles. The molecule has 1 N–H and O–H groups in total. The molecule has 0 saturated carbocycles. The van der Waals surface area contributed by atoms with Crippen LogP contribution in [-0.4, -0.2) is 15.4 Å². The van der Waals surface area contributed by atoms with Crippen molar-refractivity contribution in [2.75, 3.05) is 0 Å². The smallest absolute Gasteiger partial charge is 0.153 e. The molecule has 0 radical (unpaired) electrons. The van der Waals surface area contributed by atoms with E-state index in [1.807, 2.05) is 22.6 Å². The molecular formula is C6H2BrFIN3. The molecule has 12 heavy (non-hydrogen) atoms. The summed E-state index contributed by atoms with van der Waals surface area (Å²) >= 11 is 5.02. The van der Waals surface area contributed by atoms with Gasteiger partial charge in [0, 0.05) is 0 Å². The zero-order valence-electron chi connectivity index (χ0n) is 5.61. The van der Waals surface area contributed by atoms with Gasteiger partial charge >= 0.3 is 0 Å². The fraction of sp³-hybridized carbons (Fsp3) is 0. The number of halogens is 3. The maximum Gasteiger partial charge on any atom is 0.153 e. The van der Waals surface area contributed by atoms with Crippen LogP contribution >= 0.6 is 38.5 Å². The van der Waals surface area contributed by atoms with Gasteiger partial charge in [-0.05, 0) is 44.6 Å². The molecule has 0 aliphatic heterocycles. The van der Waals surface area contributed by atoms with E-state index in [1.165, 1.54) is 0 Å². The Kier molecular flexibility index (Phi) is 2.03. The van der Waals surface area contributed by atoms with Gasteiger partial charge < -0.3 is 0 Å². The fourth-order valence-corrected chi connectivity index (χ4v) is 2.33. The van der Waals surface area contributed by atoms with Crippen molar-refractivity contribution in [3.05, 3.63) is 19.9 Å². The highest BCUT2D eigenvalue weighted by Gasteiger charge is 2.11. The highest BCUT2D eigenvalue weighted by atomic mass is 127. The van der Waals surface area contributed by atoms with E-state index in [4.69, 9.17) is 0 Å². The van der Waals surface area contributed by atoms with Crippen molar-refractivity contribution in [3.63, 3.8) is 0 Å². The Morgan fingerprint density at radius 1 is 1.50 bits per heavy atom. The zero-order chi connectivity index (χ0) is 8.72. The van der Waals surface area contributed by atoms with Crippen LogP contribution < -0.4 is 0 Å². The second-order valence-electron chi connectivity index (χ2n) is 2.18. The molecule has 0 atom stereocenters. The van der Waals surface area contributed by atoms with Crippen molar-refractivity contribution < 1.29 is 4.39 Å². The molecule has 2 aromatic rings. The van der Waals surface area contributed by atoms with E-state index in [9.17, 15) is 4.39 Å². The van der Waals surface area contributed by atoms with E-state index < -0.39 is 0 Å². The van der Waals surface area contributed by atoms with Crippen molar-refractivity contribution in [3.8, 4) is 0 Å². The van der Waals surface area contributed by atoms with E-state index in [0.29, 0.717) is 19.1 Å². The molecule has 3 nitrogen and oxygen atoms in total. The van der Waals surface area contributed by atoms with Crippen LogP contribution in [0.15, 0.2) is 10.5 Å². The normalized spacial score (nSPS) is 10.9. The highest BCUT2D eigenvalue weighted by molar-refractivity contribution is 14.1. The lowest BCUT2D eigenvalue weighted by Gasteiger charge is -1.96. The minimum atomic E-state index is -0.294. The second-order valence-corrected chi connectivity index (χ2v) is 4.13. The molecule has 0 aliphatic rings. The third-order valence-electron chi connectivity index (χ3n) is 1.45. The number of H-pyrrole nitrogens is 1. The van der Waals surface area contributed by atoms with Crippen molar-refractivity contribution in [1.29, 1.82) is 0 Å². The number of nitrogens with zero attached hydrogens (tertiary/aromatic N) is 2. The van der Waals surface area contributed by atoms with E-state index in [0.717, 1.165) is 0 Å². The first-order valence-corrected chi connectivity index (χ1v) is 4.91. The lowest BCUT2D eigenvalue weighted by atomic mass is 10.3. The molecule has 0 saturated heterocycles. The molecule has 62 valence electrons. The van der Waals surface area contributed by atoms with Crippen LogP contribution in [0.1, 0.15) is 0 Å². The molecule has 1 aromatic carbocycles. The number of rotatable bonds is 0. The minimum absolute atomic E-state index is 0.294. The minimum Gasteiger partial charge on any atom is -0.204 e. The average molecular weight is 342 g/mol. The van der Waals surface area contributed by atoms with Gasteiger partial charge in [-0.15, -0.1) is 0 Å². The van der Waals surface area contributed by atoms with Gasteiger partial charge in [-0.1, -0.05) is 0 Å². The monoisotopic (exact) mass is 341 g/mol. The van der Waals surface area contributed by atoms with Crippen molar-refractivity contribution >= 4 is 49.6 Å². The fourth-order valence-electron chi connectivity index (χ4n) is 0.893. The number of aromatic nitrogens is 3. The van der Waals surface area contributed by atoms with Gasteiger partial charge in [0.15, 0.2) is 5.82 Å². The van der Waals surface area contributed by atoms with Gasteiger partial charge in [0.2, 0.25) is 0 Å². The predicted octanol–water partition coefficient (Wildman–Crippen LogP) is 2.46. The van der Waals surface area contributed by atoms with E-state index in [-0.39, 0.29) is 5.82 Å². The number of fused-ring (bicyclic) bond motifs is 1. The Hall–Kier alpha value is -0.240. The summed E-state index contributed by atoms with van der Waals surface area (Å²) in [5, 5.41) is 10.1. The molecule has 0 aliphatic carbocycles. The number of hydrogen-bond acceptors (Lipinski definition) is 2. The molecule has 0 amide bonds. The summed E-state index contributed by atoms with van der Waals surface area (Å²) in [5.74, 6) is -0.294. The van der Waals surface area contributed by atoms with Gasteiger partial charge in [-0.25, -0.2) is 4.39 Å². The van der Waals surface area contributed by atoms with Crippen molar-refractivity contribution in [2.45, 2.75) is 0 Å². The quantitative estimate of drug-likeness (QED) is 0.591. The maximum atomic E-state index is 13.2. The Balaban J connectivity index is 2.94. The SMILES string of the molecule is Fc1c(I)cc2n[nH]nc2c1Br. The van der Waals surface area contributed by atoms with Crippen molar-refractivity contribution in [2.24, 2.45) is 0 Å². The van der Waals surface area contributed by atoms with Crippen LogP contribution in [0.25, 0.3) is 11.0 Å². The van der Waals surface area contributed by atoms with E-state index in [2.05, 4.69) is 31.3 Å². The largest absolute Gasteiger partial charge is 0.204 e. The van der Waals surface area contributed by atoms with Crippen LogP contribution in [0.3, 0.4) is 0 Å². The van der Waals surface area contributed by atoms with Gasteiger partial charge in [0.1, 0.15) is 11.0 Å². The Bertz CT molecular complexity index is 442. The summed E-state index contributed by atoms with van der Waals surface area (Å²) in [6, 6.07) is 1.64. The van der Waals surface area contributed by atoms with Crippen LogP contribution in [0.2, 0.25) is 0 Å². The third kappa shape index (κ3) is 1.13. The average Bonchev–Trinajstić information content (AvgIpc) is 2.48. The molecular weight excluding hydrogens is 340 g/mol. The summed E-state index contributed by atoms with van der Waals surface area (Å²) in [7, 11) is 0. The van der Waals surface area contributed by atoms with Gasteiger partial charge in [0.05, 0.1) is 8.04 Å². The van der Waals surface area contributed by atoms with Crippen LogP contribution in [0.5, 0.6) is 0 Å². The van der Waals surface area contributed by atoms with Gasteiger partial charge in [-0.2, -0.15) is 15.4 Å². The third-order valence-corrected chi connectivity index (χ3v) is 2.96. The first-order valence-electron chi connectivity index (χ1n) is 3.04. The van der Waals surface area contributed by atoms with Gasteiger partial charge in [0.25, 0.3) is 0 Å². The number of hydrogen-bond donors (Lipinski definition) is 1. The summed E-state index contributed by atoms with van der Waals surface area (Å²) in [6.45, 7) is 0. The molecule has 0 fully saturated rings. The first-order chi connectivity index (χ1) is 5.70. The second kappa shape index (κ2) is 2.91. The molecule has 6 heteroatoms. The lowest BCUT2D eigenvalue weighted by molar-refractivity contribution is 0.615. The summed E-state index contributed by atoms with van der Waals surface area (Å²) in [4.78, 5) is 0. The molecule has 0 unspecified atom stereocenters. The van der Waals surface area contributed by atoms with E-state index >= 15 is 0 Å².